The van der Waals surface area contributed by atoms with E-state index in [0.717, 1.165) is 0 Å². The molecule has 3 aromatic rings. The molecule has 4 rings (SSSR count). The molecule has 0 spiro atoms. The van der Waals surface area contributed by atoms with Crippen molar-refractivity contribution >= 4 is 23.5 Å². The molecule has 1 aliphatic rings. The maximum absolute atomic E-state index is 13.8. The van der Waals surface area contributed by atoms with E-state index in [9.17, 15) is 26.7 Å². The van der Waals surface area contributed by atoms with E-state index in [-0.39, 0.29) is 22.8 Å². The summed E-state index contributed by atoms with van der Waals surface area (Å²) in [5, 5.41) is 0.473. The lowest BCUT2D eigenvalue weighted by molar-refractivity contribution is 0.101. The van der Waals surface area contributed by atoms with Gasteiger partial charge >= 0.3 is 0 Å². The van der Waals surface area contributed by atoms with Crippen LogP contribution >= 0.6 is 11.6 Å². The number of Topliss-reactive ketones (excluding diaryl/α,β-unsaturated/α-hetero) is 1. The van der Waals surface area contributed by atoms with Crippen molar-refractivity contribution in [3.63, 3.8) is 0 Å². The number of hydrogen-bond acceptors (Lipinski definition) is 3. The van der Waals surface area contributed by atoms with Gasteiger partial charge in [-0.05, 0) is 35.9 Å². The number of allylic oxidation sites excluding steroid dienone is 1. The maximum Gasteiger partial charge on any atom is 0.231 e. The predicted octanol–water partition coefficient (Wildman–Crippen LogP) is 6.23. The Balaban J connectivity index is 1.56. The van der Waals surface area contributed by atoms with E-state index in [2.05, 4.69) is 0 Å². The van der Waals surface area contributed by atoms with Crippen LogP contribution in [0, 0.1) is 29.1 Å². The third-order valence-electron chi connectivity index (χ3n) is 4.47. The Kier molecular flexibility index (Phi) is 5.41. The molecule has 0 amide bonds. The molecule has 1 heterocycles. The molecule has 0 unspecified atom stereocenters. The second kappa shape index (κ2) is 8.03. The number of rotatable bonds is 4. The number of fused-ring (bicyclic) bond motifs is 1. The molecular formula is C22H10ClF5O3. The Morgan fingerprint density at radius 1 is 0.903 bits per heavy atom. The molecule has 0 aromatic heterocycles. The summed E-state index contributed by atoms with van der Waals surface area (Å²) in [6.07, 6.45) is 1.49. The van der Waals surface area contributed by atoms with Gasteiger partial charge in [-0.15, -0.1) is 0 Å². The van der Waals surface area contributed by atoms with Crippen molar-refractivity contribution in [2.75, 3.05) is 0 Å². The molecule has 0 atom stereocenters. The van der Waals surface area contributed by atoms with Gasteiger partial charge in [-0.3, -0.25) is 4.79 Å². The SMILES string of the molecule is O=C1C(=Cc2cccc(Cl)c2)Oc2cc(OCc3c(F)c(F)c(F)c(F)c3F)ccc21. The Morgan fingerprint density at radius 2 is 1.58 bits per heavy atom. The molecule has 3 nitrogen and oxygen atoms in total. The zero-order valence-electron chi connectivity index (χ0n) is 15.3. The highest BCUT2D eigenvalue weighted by Gasteiger charge is 2.29. The summed E-state index contributed by atoms with van der Waals surface area (Å²) in [6, 6.07) is 10.7. The molecule has 0 saturated heterocycles. The van der Waals surface area contributed by atoms with Gasteiger partial charge in [0, 0.05) is 11.1 Å². The maximum atomic E-state index is 13.8. The van der Waals surface area contributed by atoms with Gasteiger partial charge in [0.2, 0.25) is 11.6 Å². The predicted molar refractivity (Wildman–Crippen MR) is 101 cm³/mol. The highest BCUT2D eigenvalue weighted by Crippen LogP contribution is 2.35. The standard InChI is InChI=1S/C22H10ClF5O3/c23-11-3-1-2-10(6-11)7-16-22(29)13-5-4-12(8-15(13)31-16)30-9-14-17(24)19(26)21(28)20(27)18(14)25/h1-8H,9H2. The van der Waals surface area contributed by atoms with Crippen LogP contribution in [0.5, 0.6) is 11.5 Å². The third-order valence-corrected chi connectivity index (χ3v) is 4.71. The minimum atomic E-state index is -2.25. The summed E-state index contributed by atoms with van der Waals surface area (Å²) in [5.74, 6) is -10.6. The summed E-state index contributed by atoms with van der Waals surface area (Å²) in [7, 11) is 0. The van der Waals surface area contributed by atoms with E-state index >= 15 is 0 Å². The smallest absolute Gasteiger partial charge is 0.231 e. The molecule has 31 heavy (non-hydrogen) atoms. The van der Waals surface area contributed by atoms with Gasteiger partial charge in [-0.1, -0.05) is 23.7 Å². The van der Waals surface area contributed by atoms with Crippen LogP contribution in [0.2, 0.25) is 5.02 Å². The van der Waals surface area contributed by atoms with Gasteiger partial charge in [0.1, 0.15) is 18.1 Å². The van der Waals surface area contributed by atoms with Crippen LogP contribution in [-0.4, -0.2) is 5.78 Å². The number of hydrogen-bond donors (Lipinski definition) is 0. The first kappa shape index (κ1) is 20.9. The first-order valence-corrected chi connectivity index (χ1v) is 9.11. The fraction of sp³-hybridized carbons (Fsp3) is 0.0455. The van der Waals surface area contributed by atoms with Crippen LogP contribution in [0.1, 0.15) is 21.5 Å². The normalized spacial score (nSPS) is 14.0. The monoisotopic (exact) mass is 452 g/mol. The van der Waals surface area contributed by atoms with Crippen LogP contribution in [0.4, 0.5) is 22.0 Å². The number of benzene rings is 3. The Hall–Kier alpha value is -3.39. The van der Waals surface area contributed by atoms with Gasteiger partial charge < -0.3 is 9.47 Å². The van der Waals surface area contributed by atoms with Crippen molar-refractivity contribution in [2.24, 2.45) is 0 Å². The second-order valence-electron chi connectivity index (χ2n) is 6.49. The van der Waals surface area contributed by atoms with Gasteiger partial charge in [-0.2, -0.15) is 0 Å². The van der Waals surface area contributed by atoms with Crippen LogP contribution in [0.25, 0.3) is 6.08 Å². The second-order valence-corrected chi connectivity index (χ2v) is 6.93. The molecule has 0 fully saturated rings. The van der Waals surface area contributed by atoms with E-state index in [1.165, 1.54) is 24.3 Å². The van der Waals surface area contributed by atoms with E-state index in [1.54, 1.807) is 24.3 Å². The zero-order chi connectivity index (χ0) is 22.3. The van der Waals surface area contributed by atoms with Crippen LogP contribution in [0.15, 0.2) is 48.2 Å². The van der Waals surface area contributed by atoms with Gasteiger partial charge in [0.25, 0.3) is 0 Å². The molecule has 0 saturated carbocycles. The summed E-state index contributed by atoms with van der Waals surface area (Å²) in [5.41, 5.74) is -0.265. The van der Waals surface area contributed by atoms with Crippen LogP contribution in [0.3, 0.4) is 0 Å². The lowest BCUT2D eigenvalue weighted by Crippen LogP contribution is -2.09. The molecule has 0 radical (unpaired) electrons. The van der Waals surface area contributed by atoms with Crippen molar-refractivity contribution in [2.45, 2.75) is 6.61 Å². The highest BCUT2D eigenvalue weighted by molar-refractivity contribution is 6.30. The highest BCUT2D eigenvalue weighted by atomic mass is 35.5. The first-order valence-electron chi connectivity index (χ1n) is 8.73. The summed E-state index contributed by atoms with van der Waals surface area (Å²) in [4.78, 5) is 12.5. The molecule has 0 N–H and O–H groups in total. The van der Waals surface area contributed by atoms with E-state index in [4.69, 9.17) is 21.1 Å². The van der Waals surface area contributed by atoms with Gasteiger partial charge in [0.05, 0.1) is 11.1 Å². The molecule has 0 aliphatic carbocycles. The Labute approximate surface area is 177 Å². The van der Waals surface area contributed by atoms with Crippen LogP contribution in [-0.2, 0) is 6.61 Å². The molecule has 3 aromatic carbocycles. The fourth-order valence-corrected chi connectivity index (χ4v) is 3.14. The number of carbonyl (C=O) groups is 1. The van der Waals surface area contributed by atoms with Crippen molar-refractivity contribution in [1.29, 1.82) is 0 Å². The average molecular weight is 453 g/mol. The summed E-state index contributed by atoms with van der Waals surface area (Å²) in [6.45, 7) is -0.927. The van der Waals surface area contributed by atoms with Gasteiger partial charge in [-0.25, -0.2) is 22.0 Å². The largest absolute Gasteiger partial charge is 0.489 e. The Bertz CT molecular complexity index is 1230. The quantitative estimate of drug-likeness (QED) is 0.204. The molecule has 9 heteroatoms. The minimum Gasteiger partial charge on any atom is -0.489 e. The molecule has 158 valence electrons. The van der Waals surface area contributed by atoms with E-state index in [1.807, 2.05) is 0 Å². The number of halogens is 6. The zero-order valence-corrected chi connectivity index (χ0v) is 16.1. The lowest BCUT2D eigenvalue weighted by atomic mass is 10.1. The molecular weight excluding hydrogens is 443 g/mol. The van der Waals surface area contributed by atoms with Crippen molar-refractivity contribution < 1.29 is 36.2 Å². The number of carbonyl (C=O) groups excluding carboxylic acids is 1. The van der Waals surface area contributed by atoms with E-state index in [0.29, 0.717) is 10.6 Å². The van der Waals surface area contributed by atoms with Gasteiger partial charge in [0.15, 0.2) is 29.0 Å². The third kappa shape index (κ3) is 3.86. The fourth-order valence-electron chi connectivity index (χ4n) is 2.94. The first-order chi connectivity index (χ1) is 14.8. The molecule has 0 bridgehead atoms. The van der Waals surface area contributed by atoms with Crippen molar-refractivity contribution in [1.82, 2.24) is 0 Å². The summed E-state index contributed by atoms with van der Waals surface area (Å²) >= 11 is 5.92. The molecule has 1 aliphatic heterocycles. The minimum absolute atomic E-state index is 0.000466. The van der Waals surface area contributed by atoms with Crippen molar-refractivity contribution in [3.05, 3.63) is 99.0 Å². The number of ether oxygens (including phenoxy) is 2. The van der Waals surface area contributed by atoms with Crippen molar-refractivity contribution in [3.8, 4) is 11.5 Å². The topological polar surface area (TPSA) is 35.5 Å². The van der Waals surface area contributed by atoms with E-state index < -0.39 is 47.0 Å². The lowest BCUT2D eigenvalue weighted by Gasteiger charge is -2.10. The van der Waals surface area contributed by atoms with Crippen LogP contribution < -0.4 is 9.47 Å². The Morgan fingerprint density at radius 3 is 2.26 bits per heavy atom. The number of ketones is 1. The summed E-state index contributed by atoms with van der Waals surface area (Å²) < 4.78 is 78.0. The average Bonchev–Trinajstić information content (AvgIpc) is 3.05.